The second-order valence-electron chi connectivity index (χ2n) is 15.5. The summed E-state index contributed by atoms with van der Waals surface area (Å²) in [5, 5.41) is 20.2. The fourth-order valence-corrected chi connectivity index (χ4v) is 7.71. The molecule has 8 nitrogen and oxygen atoms in total. The molecule has 2 unspecified atom stereocenters. The summed E-state index contributed by atoms with van der Waals surface area (Å²) in [5.74, 6) is -1.04. The topological polar surface area (TPSA) is 99.5 Å². The molecule has 2 N–H and O–H groups in total. The van der Waals surface area contributed by atoms with Gasteiger partial charge in [0.1, 0.15) is 17.9 Å². The normalized spacial score (nSPS) is 12.9. The lowest BCUT2D eigenvalue weighted by molar-refractivity contribution is -0.144. The van der Waals surface area contributed by atoms with Gasteiger partial charge in [-0.25, -0.2) is 0 Å². The zero-order chi connectivity index (χ0) is 40.1. The van der Waals surface area contributed by atoms with Crippen LogP contribution in [-0.2, 0) is 22.8 Å². The van der Waals surface area contributed by atoms with E-state index in [1.807, 2.05) is 48.5 Å². The van der Waals surface area contributed by atoms with E-state index in [9.17, 15) is 19.8 Å². The van der Waals surface area contributed by atoms with Gasteiger partial charge in [0.25, 0.3) is 0 Å². The molecule has 8 heteroatoms. The van der Waals surface area contributed by atoms with E-state index >= 15 is 0 Å². The molecule has 296 valence electrons. The van der Waals surface area contributed by atoms with E-state index in [0.717, 1.165) is 48.2 Å². The lowest BCUT2D eigenvalue weighted by Crippen LogP contribution is -2.38. The van der Waals surface area contributed by atoms with Crippen LogP contribution in [0.15, 0.2) is 97.1 Å². The van der Waals surface area contributed by atoms with Gasteiger partial charge in [-0.2, -0.15) is 0 Å². The third kappa shape index (κ3) is 12.3. The van der Waals surface area contributed by atoms with E-state index in [1.54, 1.807) is 24.3 Å². The number of carbonyl (C=O) groups excluding carboxylic acids is 2. The molecule has 4 aromatic carbocycles. The Hall–Kier alpha value is -4.34. The van der Waals surface area contributed by atoms with Crippen LogP contribution >= 0.6 is 0 Å². The van der Waals surface area contributed by atoms with E-state index in [0.29, 0.717) is 46.8 Å². The van der Waals surface area contributed by atoms with E-state index in [4.69, 9.17) is 9.47 Å². The zero-order valence-electron chi connectivity index (χ0n) is 34.1. The molecule has 0 radical (unpaired) electrons. The Morgan fingerprint density at radius 1 is 0.527 bits per heavy atom. The standard InChI is InChI=1S/C47H62N2O6/c1-32(2)48(33(3)4)25-23-40(38-15-11-9-12-16-38)42-27-36(30-50)19-21-44(42)54-46(52)29-47(53)55-45-22-20-37(31-51)28-43(45)41(39-17-13-10-14-18-39)24-26-49(34(5)6)35(7)8/h9-22,27-28,32-35,40-41,50-51H,23-26,29-31H2,1-8H3. The quantitative estimate of drug-likeness (QED) is 0.0526. The summed E-state index contributed by atoms with van der Waals surface area (Å²) in [6.07, 6.45) is 0.906. The van der Waals surface area contributed by atoms with Gasteiger partial charge in [-0.1, -0.05) is 72.8 Å². The van der Waals surface area contributed by atoms with Crippen LogP contribution in [0.3, 0.4) is 0 Å². The summed E-state index contributed by atoms with van der Waals surface area (Å²) < 4.78 is 12.0. The van der Waals surface area contributed by atoms with Gasteiger partial charge in [-0.3, -0.25) is 19.4 Å². The summed E-state index contributed by atoms with van der Waals surface area (Å²) >= 11 is 0. The zero-order valence-corrected chi connectivity index (χ0v) is 34.1. The smallest absolute Gasteiger partial charge is 0.322 e. The highest BCUT2D eigenvalue weighted by Gasteiger charge is 2.27. The van der Waals surface area contributed by atoms with Crippen LogP contribution in [0, 0.1) is 0 Å². The number of esters is 2. The van der Waals surface area contributed by atoms with Gasteiger partial charge in [0.15, 0.2) is 0 Å². The van der Waals surface area contributed by atoms with Crippen molar-refractivity contribution in [2.45, 2.75) is 124 Å². The Kier molecular flexibility index (Phi) is 16.6. The minimum absolute atomic E-state index is 0.132. The lowest BCUT2D eigenvalue weighted by Gasteiger charge is -2.32. The summed E-state index contributed by atoms with van der Waals surface area (Å²) in [6.45, 7) is 18.8. The van der Waals surface area contributed by atoms with Crippen molar-refractivity contribution in [2.75, 3.05) is 13.1 Å². The van der Waals surface area contributed by atoms with Gasteiger partial charge in [0, 0.05) is 47.1 Å². The lowest BCUT2D eigenvalue weighted by atomic mass is 9.86. The number of hydrogen-bond acceptors (Lipinski definition) is 8. The van der Waals surface area contributed by atoms with Crippen LogP contribution in [0.25, 0.3) is 0 Å². The highest BCUT2D eigenvalue weighted by molar-refractivity contribution is 5.93. The largest absolute Gasteiger partial charge is 0.426 e. The van der Waals surface area contributed by atoms with Crippen molar-refractivity contribution in [1.29, 1.82) is 0 Å². The monoisotopic (exact) mass is 750 g/mol. The molecule has 0 saturated heterocycles. The molecule has 0 bridgehead atoms. The first kappa shape index (κ1) is 43.4. The Balaban J connectivity index is 1.61. The molecular weight excluding hydrogens is 689 g/mol. The summed E-state index contributed by atoms with van der Waals surface area (Å²) in [5.41, 5.74) is 5.09. The molecule has 4 aromatic rings. The molecule has 0 aromatic heterocycles. The number of nitrogens with zero attached hydrogens (tertiary/aromatic N) is 2. The Labute approximate surface area is 329 Å². The number of benzene rings is 4. The molecule has 0 amide bonds. The second kappa shape index (κ2) is 21.1. The summed E-state index contributed by atoms with van der Waals surface area (Å²) in [4.78, 5) is 32.0. The Morgan fingerprint density at radius 3 is 1.18 bits per heavy atom. The minimum Gasteiger partial charge on any atom is -0.426 e. The Bertz CT molecular complexity index is 1640. The van der Waals surface area contributed by atoms with Crippen molar-refractivity contribution in [3.63, 3.8) is 0 Å². The first-order valence-corrected chi connectivity index (χ1v) is 19.8. The van der Waals surface area contributed by atoms with Crippen LogP contribution in [0.5, 0.6) is 11.5 Å². The minimum atomic E-state index is -0.738. The average molecular weight is 751 g/mol. The molecule has 55 heavy (non-hydrogen) atoms. The molecule has 0 aliphatic rings. The van der Waals surface area contributed by atoms with Crippen molar-refractivity contribution in [1.82, 2.24) is 9.80 Å². The average Bonchev–Trinajstić information content (AvgIpc) is 3.15. The van der Waals surface area contributed by atoms with Crippen molar-refractivity contribution in [3.8, 4) is 11.5 Å². The van der Waals surface area contributed by atoms with Gasteiger partial charge >= 0.3 is 11.9 Å². The van der Waals surface area contributed by atoms with Crippen molar-refractivity contribution < 1.29 is 29.3 Å². The predicted octanol–water partition coefficient (Wildman–Crippen LogP) is 8.85. The number of carbonyl (C=O) groups is 2. The number of hydrogen-bond donors (Lipinski definition) is 2. The van der Waals surface area contributed by atoms with Gasteiger partial charge < -0.3 is 19.7 Å². The van der Waals surface area contributed by atoms with Crippen LogP contribution < -0.4 is 9.47 Å². The third-order valence-electron chi connectivity index (χ3n) is 10.4. The van der Waals surface area contributed by atoms with Gasteiger partial charge in [0.05, 0.1) is 13.2 Å². The third-order valence-corrected chi connectivity index (χ3v) is 10.4. The van der Waals surface area contributed by atoms with Crippen molar-refractivity contribution >= 4 is 11.9 Å². The number of aliphatic hydroxyl groups excluding tert-OH is 2. The fraction of sp³-hybridized carbons (Fsp3) is 0.447. The summed E-state index contributed by atoms with van der Waals surface area (Å²) in [7, 11) is 0. The molecule has 0 saturated carbocycles. The van der Waals surface area contributed by atoms with Gasteiger partial charge in [-0.05, 0) is 128 Å². The van der Waals surface area contributed by atoms with Crippen LogP contribution in [0.1, 0.15) is 120 Å². The van der Waals surface area contributed by atoms with Crippen molar-refractivity contribution in [3.05, 3.63) is 130 Å². The molecule has 0 heterocycles. The fourth-order valence-electron chi connectivity index (χ4n) is 7.71. The molecule has 0 spiro atoms. The van der Waals surface area contributed by atoms with E-state index < -0.39 is 18.4 Å². The number of rotatable bonds is 20. The van der Waals surface area contributed by atoms with Crippen LogP contribution in [0.4, 0.5) is 0 Å². The molecule has 0 aliphatic carbocycles. The molecule has 0 fully saturated rings. The number of ether oxygens (including phenoxy) is 2. The van der Waals surface area contributed by atoms with Gasteiger partial charge in [0.2, 0.25) is 0 Å². The molecule has 4 rings (SSSR count). The maximum Gasteiger partial charge on any atom is 0.322 e. The first-order chi connectivity index (χ1) is 26.3. The van der Waals surface area contributed by atoms with E-state index in [2.05, 4.69) is 89.5 Å². The van der Waals surface area contributed by atoms with Gasteiger partial charge in [-0.15, -0.1) is 0 Å². The number of aliphatic hydroxyl groups is 2. The maximum absolute atomic E-state index is 13.6. The molecular formula is C47H62N2O6. The SMILES string of the molecule is CC(C)N(CCC(c1ccccc1)c1cc(CO)ccc1OC(=O)CC(=O)Oc1ccc(CO)cc1C(CCN(C(C)C)C(C)C)c1ccccc1)C(C)C. The van der Waals surface area contributed by atoms with Crippen LogP contribution in [0.2, 0.25) is 0 Å². The van der Waals surface area contributed by atoms with E-state index in [-0.39, 0.29) is 25.0 Å². The first-order valence-electron chi connectivity index (χ1n) is 19.8. The van der Waals surface area contributed by atoms with E-state index in [1.165, 1.54) is 0 Å². The maximum atomic E-state index is 13.6. The molecule has 0 aliphatic heterocycles. The predicted molar refractivity (Wildman–Crippen MR) is 220 cm³/mol. The molecule has 2 atom stereocenters. The highest BCUT2D eigenvalue weighted by atomic mass is 16.6. The second-order valence-corrected chi connectivity index (χ2v) is 15.5. The highest BCUT2D eigenvalue weighted by Crippen LogP contribution is 2.38. The summed E-state index contributed by atoms with van der Waals surface area (Å²) in [6, 6.07) is 32.3. The van der Waals surface area contributed by atoms with Crippen molar-refractivity contribution in [2.24, 2.45) is 0 Å². The van der Waals surface area contributed by atoms with Crippen LogP contribution in [-0.4, -0.2) is 69.2 Å². The Morgan fingerprint density at radius 2 is 0.873 bits per heavy atom.